The first-order chi connectivity index (χ1) is 9.67. The average Bonchev–Trinajstić information content (AvgIpc) is 2.87. The molecule has 0 amide bonds. The van der Waals surface area contributed by atoms with Crippen molar-refractivity contribution in [3.63, 3.8) is 0 Å². The Morgan fingerprint density at radius 3 is 2.80 bits per heavy atom. The SMILES string of the molecule is C[C@H](NC1CCOC2(CCOC2)C1)c1ccc(Cl)cc1. The van der Waals surface area contributed by atoms with Crippen molar-refractivity contribution in [2.45, 2.75) is 43.9 Å². The molecule has 0 bridgehead atoms. The molecule has 4 heteroatoms. The third-order valence-corrected chi connectivity index (χ3v) is 4.67. The minimum atomic E-state index is -0.0321. The van der Waals surface area contributed by atoms with E-state index in [1.54, 1.807) is 0 Å². The van der Waals surface area contributed by atoms with Crippen molar-refractivity contribution < 1.29 is 9.47 Å². The zero-order chi connectivity index (χ0) is 14.0. The lowest BCUT2D eigenvalue weighted by atomic mass is 9.89. The number of benzene rings is 1. The van der Waals surface area contributed by atoms with E-state index in [-0.39, 0.29) is 5.60 Å². The average molecular weight is 296 g/mol. The zero-order valence-corrected chi connectivity index (χ0v) is 12.7. The van der Waals surface area contributed by atoms with E-state index in [4.69, 9.17) is 21.1 Å². The lowest BCUT2D eigenvalue weighted by molar-refractivity contribution is -0.0902. The molecule has 0 aromatic heterocycles. The molecule has 2 aliphatic heterocycles. The van der Waals surface area contributed by atoms with Gasteiger partial charge < -0.3 is 14.8 Å². The van der Waals surface area contributed by atoms with Crippen LogP contribution in [0.15, 0.2) is 24.3 Å². The second kappa shape index (κ2) is 6.02. The Morgan fingerprint density at radius 2 is 2.10 bits per heavy atom. The molecule has 2 aliphatic rings. The van der Waals surface area contributed by atoms with Gasteiger partial charge in [0.15, 0.2) is 0 Å². The number of nitrogens with one attached hydrogen (secondary N) is 1. The molecule has 1 N–H and O–H groups in total. The summed E-state index contributed by atoms with van der Waals surface area (Å²) in [6.45, 7) is 4.62. The van der Waals surface area contributed by atoms with Crippen molar-refractivity contribution in [3.8, 4) is 0 Å². The molecule has 3 rings (SSSR count). The fraction of sp³-hybridized carbons (Fsp3) is 0.625. The number of hydrogen-bond acceptors (Lipinski definition) is 3. The molecule has 3 atom stereocenters. The minimum Gasteiger partial charge on any atom is -0.378 e. The van der Waals surface area contributed by atoms with E-state index in [0.29, 0.717) is 12.1 Å². The van der Waals surface area contributed by atoms with Gasteiger partial charge in [0.2, 0.25) is 0 Å². The normalized spacial score (nSPS) is 31.6. The van der Waals surface area contributed by atoms with Gasteiger partial charge in [0, 0.05) is 36.7 Å². The Kier molecular flexibility index (Phi) is 4.32. The highest BCUT2D eigenvalue weighted by molar-refractivity contribution is 6.30. The second-order valence-corrected chi connectivity index (χ2v) is 6.40. The molecule has 1 aromatic carbocycles. The van der Waals surface area contributed by atoms with Crippen LogP contribution in [0.1, 0.15) is 37.8 Å². The molecule has 2 fully saturated rings. The van der Waals surface area contributed by atoms with Crippen molar-refractivity contribution in [1.29, 1.82) is 0 Å². The van der Waals surface area contributed by atoms with Gasteiger partial charge in [-0.2, -0.15) is 0 Å². The number of halogens is 1. The monoisotopic (exact) mass is 295 g/mol. The fourth-order valence-electron chi connectivity index (χ4n) is 3.23. The molecule has 110 valence electrons. The van der Waals surface area contributed by atoms with Gasteiger partial charge in [-0.05, 0) is 37.5 Å². The predicted molar refractivity (Wildman–Crippen MR) is 80.1 cm³/mol. The zero-order valence-electron chi connectivity index (χ0n) is 11.9. The topological polar surface area (TPSA) is 30.5 Å². The molecule has 2 unspecified atom stereocenters. The summed E-state index contributed by atoms with van der Waals surface area (Å²) in [7, 11) is 0. The van der Waals surface area contributed by atoms with E-state index in [1.807, 2.05) is 12.1 Å². The lowest BCUT2D eigenvalue weighted by Crippen LogP contribution is -2.48. The highest BCUT2D eigenvalue weighted by Gasteiger charge is 2.41. The van der Waals surface area contributed by atoms with E-state index in [9.17, 15) is 0 Å². The molecule has 3 nitrogen and oxygen atoms in total. The van der Waals surface area contributed by atoms with Crippen molar-refractivity contribution in [1.82, 2.24) is 5.32 Å². The summed E-state index contributed by atoms with van der Waals surface area (Å²) in [6, 6.07) is 8.91. The van der Waals surface area contributed by atoms with Crippen LogP contribution < -0.4 is 5.32 Å². The first-order valence-corrected chi connectivity index (χ1v) is 7.78. The highest BCUT2D eigenvalue weighted by Crippen LogP contribution is 2.33. The third kappa shape index (κ3) is 3.17. The third-order valence-electron chi connectivity index (χ3n) is 4.42. The summed E-state index contributed by atoms with van der Waals surface area (Å²) in [5.74, 6) is 0. The van der Waals surface area contributed by atoms with Crippen LogP contribution in [0.2, 0.25) is 5.02 Å². The van der Waals surface area contributed by atoms with Gasteiger partial charge in [0.25, 0.3) is 0 Å². The maximum Gasteiger partial charge on any atom is 0.0951 e. The van der Waals surface area contributed by atoms with Crippen LogP contribution >= 0.6 is 11.6 Å². The number of ether oxygens (including phenoxy) is 2. The van der Waals surface area contributed by atoms with Crippen LogP contribution in [0.3, 0.4) is 0 Å². The smallest absolute Gasteiger partial charge is 0.0951 e. The standard InChI is InChI=1S/C16H22ClNO2/c1-12(13-2-4-14(17)5-3-13)18-15-6-8-20-16(10-15)7-9-19-11-16/h2-5,12,15,18H,6-11H2,1H3/t12-,15?,16?/m0/s1. The van der Waals surface area contributed by atoms with Gasteiger partial charge in [-0.15, -0.1) is 0 Å². The van der Waals surface area contributed by atoms with Crippen LogP contribution in [0.25, 0.3) is 0 Å². The molecule has 0 radical (unpaired) electrons. The molecule has 1 aromatic rings. The lowest BCUT2D eigenvalue weighted by Gasteiger charge is -2.38. The van der Waals surface area contributed by atoms with Crippen molar-refractivity contribution >= 4 is 11.6 Å². The Bertz CT molecular complexity index is 442. The van der Waals surface area contributed by atoms with Gasteiger partial charge in [-0.3, -0.25) is 0 Å². The summed E-state index contributed by atoms with van der Waals surface area (Å²) in [6.07, 6.45) is 3.14. The van der Waals surface area contributed by atoms with Crippen molar-refractivity contribution in [3.05, 3.63) is 34.9 Å². The molecular formula is C16H22ClNO2. The van der Waals surface area contributed by atoms with E-state index in [0.717, 1.165) is 44.1 Å². The Hall–Kier alpha value is -0.610. The molecule has 0 saturated carbocycles. The van der Waals surface area contributed by atoms with E-state index in [1.165, 1.54) is 5.56 Å². The molecule has 0 aliphatic carbocycles. The summed E-state index contributed by atoms with van der Waals surface area (Å²) in [4.78, 5) is 0. The maximum absolute atomic E-state index is 5.98. The molecule has 1 spiro atoms. The van der Waals surface area contributed by atoms with Crippen LogP contribution in [0.4, 0.5) is 0 Å². The van der Waals surface area contributed by atoms with E-state index in [2.05, 4.69) is 24.4 Å². The number of hydrogen-bond donors (Lipinski definition) is 1. The summed E-state index contributed by atoms with van der Waals surface area (Å²) in [5.41, 5.74) is 1.24. The highest BCUT2D eigenvalue weighted by atomic mass is 35.5. The molecule has 20 heavy (non-hydrogen) atoms. The quantitative estimate of drug-likeness (QED) is 0.928. The minimum absolute atomic E-state index is 0.0321. The Labute approximate surface area is 125 Å². The maximum atomic E-state index is 5.98. The first kappa shape index (κ1) is 14.3. The second-order valence-electron chi connectivity index (χ2n) is 5.96. The summed E-state index contributed by atoms with van der Waals surface area (Å²) in [5, 5.41) is 4.51. The van der Waals surface area contributed by atoms with E-state index >= 15 is 0 Å². The Balaban J connectivity index is 1.60. The van der Waals surface area contributed by atoms with Crippen LogP contribution in [0.5, 0.6) is 0 Å². The largest absolute Gasteiger partial charge is 0.378 e. The summed E-state index contributed by atoms with van der Waals surface area (Å²) < 4.78 is 11.5. The van der Waals surface area contributed by atoms with Crippen molar-refractivity contribution in [2.24, 2.45) is 0 Å². The summed E-state index contributed by atoms with van der Waals surface area (Å²) >= 11 is 5.94. The molecule has 2 saturated heterocycles. The van der Waals surface area contributed by atoms with E-state index < -0.39 is 0 Å². The van der Waals surface area contributed by atoms with Gasteiger partial charge >= 0.3 is 0 Å². The Morgan fingerprint density at radius 1 is 1.30 bits per heavy atom. The fourth-order valence-corrected chi connectivity index (χ4v) is 3.36. The van der Waals surface area contributed by atoms with Gasteiger partial charge in [0.05, 0.1) is 12.2 Å². The van der Waals surface area contributed by atoms with Gasteiger partial charge in [0.1, 0.15) is 0 Å². The number of rotatable bonds is 3. The predicted octanol–water partition coefficient (Wildman–Crippen LogP) is 3.33. The van der Waals surface area contributed by atoms with Crippen LogP contribution in [-0.2, 0) is 9.47 Å². The molecule has 2 heterocycles. The van der Waals surface area contributed by atoms with Gasteiger partial charge in [-0.25, -0.2) is 0 Å². The van der Waals surface area contributed by atoms with Crippen LogP contribution in [0, 0.1) is 0 Å². The van der Waals surface area contributed by atoms with Crippen molar-refractivity contribution in [2.75, 3.05) is 19.8 Å². The first-order valence-electron chi connectivity index (χ1n) is 7.40. The van der Waals surface area contributed by atoms with Gasteiger partial charge in [-0.1, -0.05) is 23.7 Å². The molecular weight excluding hydrogens is 274 g/mol. The van der Waals surface area contributed by atoms with Crippen LogP contribution in [-0.4, -0.2) is 31.5 Å².